The molecular formula is C28H32N6O2. The van der Waals surface area contributed by atoms with E-state index in [2.05, 4.69) is 45.5 Å². The Morgan fingerprint density at radius 1 is 1.08 bits per heavy atom. The minimum Gasteiger partial charge on any atom is -0.496 e. The normalized spacial score (nSPS) is 13.9. The van der Waals surface area contributed by atoms with E-state index in [1.807, 2.05) is 36.1 Å². The fourth-order valence-corrected chi connectivity index (χ4v) is 4.28. The number of carbonyl (C=O) groups is 1. The SMILES string of the molecule is CCc1ncnc(-c2ccc(C(=O)N3CCN(C(C)C)CC3)c(OC)c2)c1C#Cc1ccc(N)nc1. The van der Waals surface area contributed by atoms with Gasteiger partial charge in [-0.3, -0.25) is 9.69 Å². The van der Waals surface area contributed by atoms with Crippen molar-refractivity contribution in [1.82, 2.24) is 24.8 Å². The van der Waals surface area contributed by atoms with Crippen LogP contribution in [0.1, 0.15) is 48.0 Å². The molecule has 1 fully saturated rings. The zero-order valence-corrected chi connectivity index (χ0v) is 21.3. The first-order valence-electron chi connectivity index (χ1n) is 12.2. The summed E-state index contributed by atoms with van der Waals surface area (Å²) in [6.45, 7) is 9.54. The van der Waals surface area contributed by atoms with Crippen LogP contribution in [0.25, 0.3) is 11.3 Å². The molecule has 8 nitrogen and oxygen atoms in total. The maximum atomic E-state index is 13.3. The maximum absolute atomic E-state index is 13.3. The molecule has 0 atom stereocenters. The molecule has 0 spiro atoms. The summed E-state index contributed by atoms with van der Waals surface area (Å²) in [4.78, 5) is 30.7. The largest absolute Gasteiger partial charge is 0.496 e. The molecule has 1 aromatic carbocycles. The number of anilines is 1. The smallest absolute Gasteiger partial charge is 0.257 e. The summed E-state index contributed by atoms with van der Waals surface area (Å²) in [6.07, 6.45) is 3.89. The summed E-state index contributed by atoms with van der Waals surface area (Å²) < 4.78 is 5.66. The van der Waals surface area contributed by atoms with Crippen molar-refractivity contribution in [2.24, 2.45) is 0 Å². The molecule has 0 saturated carbocycles. The van der Waals surface area contributed by atoms with Gasteiger partial charge in [-0.1, -0.05) is 24.8 Å². The molecule has 8 heteroatoms. The second kappa shape index (κ2) is 11.2. The third-order valence-electron chi connectivity index (χ3n) is 6.42. The van der Waals surface area contributed by atoms with Gasteiger partial charge >= 0.3 is 0 Å². The number of carbonyl (C=O) groups excluding carboxylic acids is 1. The summed E-state index contributed by atoms with van der Waals surface area (Å²) in [7, 11) is 1.58. The molecule has 0 unspecified atom stereocenters. The van der Waals surface area contributed by atoms with Gasteiger partial charge in [-0.15, -0.1) is 0 Å². The van der Waals surface area contributed by atoms with E-state index in [0.717, 1.165) is 35.5 Å². The van der Waals surface area contributed by atoms with Crippen LogP contribution in [-0.2, 0) is 6.42 Å². The summed E-state index contributed by atoms with van der Waals surface area (Å²) >= 11 is 0. The lowest BCUT2D eigenvalue weighted by Crippen LogP contribution is -2.50. The summed E-state index contributed by atoms with van der Waals surface area (Å²) in [6, 6.07) is 9.60. The predicted octanol–water partition coefficient (Wildman–Crippen LogP) is 3.26. The number of aromatic nitrogens is 3. The molecule has 1 saturated heterocycles. The van der Waals surface area contributed by atoms with Crippen molar-refractivity contribution in [1.29, 1.82) is 0 Å². The van der Waals surface area contributed by atoms with Crippen LogP contribution in [0, 0.1) is 11.8 Å². The van der Waals surface area contributed by atoms with E-state index in [0.29, 0.717) is 48.4 Å². The molecule has 186 valence electrons. The second-order valence-electron chi connectivity index (χ2n) is 8.96. The number of nitrogens with zero attached hydrogens (tertiary/aromatic N) is 5. The van der Waals surface area contributed by atoms with Gasteiger partial charge in [0.1, 0.15) is 17.9 Å². The third kappa shape index (κ3) is 5.47. The van der Waals surface area contributed by atoms with Crippen LogP contribution in [0.5, 0.6) is 5.75 Å². The standard InChI is InChI=1S/C28H32N6O2/c1-5-24-22(9-6-20-7-11-26(29)30-17-20)27(32-18-31-24)21-8-10-23(25(16-21)36-4)28(35)34-14-12-33(13-15-34)19(2)3/h7-8,10-11,16-19H,5,12-15H2,1-4H3,(H2,29,30). The van der Waals surface area contributed by atoms with Crippen LogP contribution in [0.3, 0.4) is 0 Å². The number of hydrogen-bond acceptors (Lipinski definition) is 7. The number of piperazine rings is 1. The van der Waals surface area contributed by atoms with Gasteiger partial charge in [-0.25, -0.2) is 15.0 Å². The number of ether oxygens (including phenoxy) is 1. The molecule has 36 heavy (non-hydrogen) atoms. The van der Waals surface area contributed by atoms with E-state index in [1.165, 1.54) is 0 Å². The van der Waals surface area contributed by atoms with Gasteiger partial charge in [-0.2, -0.15) is 0 Å². The van der Waals surface area contributed by atoms with Gasteiger partial charge in [0.15, 0.2) is 0 Å². The fourth-order valence-electron chi connectivity index (χ4n) is 4.28. The average Bonchev–Trinajstić information content (AvgIpc) is 2.91. The molecule has 1 aliphatic rings. The van der Waals surface area contributed by atoms with Crippen molar-refractivity contribution in [3.05, 3.63) is 65.2 Å². The van der Waals surface area contributed by atoms with Crippen molar-refractivity contribution >= 4 is 11.7 Å². The number of aryl methyl sites for hydroxylation is 1. The number of hydrogen-bond donors (Lipinski definition) is 1. The van der Waals surface area contributed by atoms with Crippen LogP contribution < -0.4 is 10.5 Å². The lowest BCUT2D eigenvalue weighted by Gasteiger charge is -2.37. The highest BCUT2D eigenvalue weighted by atomic mass is 16.5. The highest BCUT2D eigenvalue weighted by Gasteiger charge is 2.25. The van der Waals surface area contributed by atoms with Crippen molar-refractivity contribution in [3.63, 3.8) is 0 Å². The Morgan fingerprint density at radius 2 is 1.86 bits per heavy atom. The average molecular weight is 485 g/mol. The maximum Gasteiger partial charge on any atom is 0.257 e. The quantitative estimate of drug-likeness (QED) is 0.555. The van der Waals surface area contributed by atoms with Gasteiger partial charge < -0.3 is 15.4 Å². The Labute approximate surface area is 212 Å². The molecule has 2 N–H and O–H groups in total. The van der Waals surface area contributed by atoms with E-state index >= 15 is 0 Å². The predicted molar refractivity (Wildman–Crippen MR) is 141 cm³/mol. The van der Waals surface area contributed by atoms with E-state index in [4.69, 9.17) is 10.5 Å². The first-order valence-corrected chi connectivity index (χ1v) is 12.2. The molecule has 0 aliphatic carbocycles. The Bertz CT molecular complexity index is 1290. The zero-order valence-electron chi connectivity index (χ0n) is 21.3. The van der Waals surface area contributed by atoms with Gasteiger partial charge in [0.25, 0.3) is 5.91 Å². The van der Waals surface area contributed by atoms with Gasteiger partial charge in [-0.05, 0) is 44.5 Å². The molecule has 0 radical (unpaired) electrons. The molecule has 2 aromatic heterocycles. The minimum atomic E-state index is -0.0189. The summed E-state index contributed by atoms with van der Waals surface area (Å²) in [5.41, 5.74) is 10.1. The second-order valence-corrected chi connectivity index (χ2v) is 8.96. The first kappa shape index (κ1) is 25.1. The molecule has 1 amide bonds. The number of nitrogen functional groups attached to an aromatic ring is 1. The number of benzene rings is 1. The number of amides is 1. The summed E-state index contributed by atoms with van der Waals surface area (Å²) in [5, 5.41) is 0. The molecule has 3 heterocycles. The van der Waals surface area contributed by atoms with Crippen LogP contribution in [0.15, 0.2) is 42.9 Å². The Balaban J connectivity index is 1.66. The Kier molecular flexibility index (Phi) is 7.81. The molecule has 0 bridgehead atoms. The highest BCUT2D eigenvalue weighted by molar-refractivity contribution is 5.97. The molecule has 3 aromatic rings. The minimum absolute atomic E-state index is 0.0189. The monoisotopic (exact) mass is 484 g/mol. The topological polar surface area (TPSA) is 97.5 Å². The van der Waals surface area contributed by atoms with Crippen molar-refractivity contribution in [2.45, 2.75) is 33.2 Å². The van der Waals surface area contributed by atoms with Crippen molar-refractivity contribution in [2.75, 3.05) is 39.0 Å². The fraction of sp³-hybridized carbons (Fsp3) is 0.357. The third-order valence-corrected chi connectivity index (χ3v) is 6.42. The van der Waals surface area contributed by atoms with Crippen LogP contribution in [0.4, 0.5) is 5.82 Å². The van der Waals surface area contributed by atoms with E-state index in [-0.39, 0.29) is 5.91 Å². The number of pyridine rings is 1. The number of methoxy groups -OCH3 is 1. The van der Waals surface area contributed by atoms with Gasteiger partial charge in [0.05, 0.1) is 29.6 Å². The Morgan fingerprint density at radius 3 is 2.50 bits per heavy atom. The number of rotatable bonds is 5. The van der Waals surface area contributed by atoms with Crippen LogP contribution in [0.2, 0.25) is 0 Å². The van der Waals surface area contributed by atoms with E-state index in [9.17, 15) is 4.79 Å². The highest BCUT2D eigenvalue weighted by Crippen LogP contribution is 2.30. The van der Waals surface area contributed by atoms with Gasteiger partial charge in [0, 0.05) is 49.5 Å². The zero-order chi connectivity index (χ0) is 25.7. The molecular weight excluding hydrogens is 452 g/mol. The van der Waals surface area contributed by atoms with Crippen molar-refractivity contribution in [3.8, 4) is 28.8 Å². The number of nitrogens with two attached hydrogens (primary N) is 1. The van der Waals surface area contributed by atoms with E-state index < -0.39 is 0 Å². The first-order chi connectivity index (χ1) is 17.4. The van der Waals surface area contributed by atoms with Crippen molar-refractivity contribution < 1.29 is 9.53 Å². The molecule has 4 rings (SSSR count). The lowest BCUT2D eigenvalue weighted by molar-refractivity contribution is 0.0592. The molecule has 1 aliphatic heterocycles. The van der Waals surface area contributed by atoms with Crippen LogP contribution in [-0.4, -0.2) is 70.0 Å². The lowest BCUT2D eigenvalue weighted by atomic mass is 10.0. The van der Waals surface area contributed by atoms with Gasteiger partial charge in [0.2, 0.25) is 0 Å². The summed E-state index contributed by atoms with van der Waals surface area (Å²) in [5.74, 6) is 7.32. The van der Waals surface area contributed by atoms with E-state index in [1.54, 1.807) is 25.7 Å². The Hall–Kier alpha value is -3.96. The van der Waals surface area contributed by atoms with Crippen LogP contribution >= 0.6 is 0 Å².